The fourth-order valence-electron chi connectivity index (χ4n) is 2.32. The number of thiophene rings is 1. The minimum Gasteiger partial charge on any atom is -0.361 e. The van der Waals surface area contributed by atoms with Crippen LogP contribution in [-0.2, 0) is 0 Å². The van der Waals surface area contributed by atoms with Gasteiger partial charge in [-0.2, -0.15) is 0 Å². The van der Waals surface area contributed by atoms with Crippen LogP contribution in [0.25, 0.3) is 10.9 Å². The summed E-state index contributed by atoms with van der Waals surface area (Å²) in [7, 11) is 0. The van der Waals surface area contributed by atoms with Gasteiger partial charge in [0.05, 0.1) is 12.5 Å². The Kier molecular flexibility index (Phi) is 2.71. The summed E-state index contributed by atoms with van der Waals surface area (Å²) in [6.45, 7) is 0.891. The molecule has 0 aliphatic carbocycles. The van der Waals surface area contributed by atoms with Crippen LogP contribution in [0.2, 0.25) is 0 Å². The van der Waals surface area contributed by atoms with E-state index in [9.17, 15) is 0 Å². The average molecular weight is 243 g/mol. The summed E-state index contributed by atoms with van der Waals surface area (Å²) < 4.78 is 0. The lowest BCUT2D eigenvalue weighted by molar-refractivity contribution is -0.370. The molecular formula is C14H15N2S+. The highest BCUT2D eigenvalue weighted by Crippen LogP contribution is 2.31. The highest BCUT2D eigenvalue weighted by molar-refractivity contribution is 7.10. The Bertz CT molecular complexity index is 610. The first-order valence-electron chi connectivity index (χ1n) is 5.79. The molecule has 0 aliphatic heterocycles. The van der Waals surface area contributed by atoms with Crippen molar-refractivity contribution in [2.75, 3.05) is 6.54 Å². The van der Waals surface area contributed by atoms with E-state index in [1.165, 1.54) is 21.3 Å². The van der Waals surface area contributed by atoms with Crippen molar-refractivity contribution in [3.05, 3.63) is 58.4 Å². The van der Waals surface area contributed by atoms with Gasteiger partial charge in [-0.3, -0.25) is 0 Å². The molecule has 2 heterocycles. The van der Waals surface area contributed by atoms with E-state index in [0.29, 0.717) is 5.92 Å². The summed E-state index contributed by atoms with van der Waals surface area (Å²) in [6, 6.07) is 12.8. The van der Waals surface area contributed by atoms with Gasteiger partial charge in [-0.15, -0.1) is 11.3 Å². The number of benzene rings is 1. The van der Waals surface area contributed by atoms with Crippen molar-refractivity contribution in [2.45, 2.75) is 5.92 Å². The van der Waals surface area contributed by atoms with Crippen molar-refractivity contribution in [3.63, 3.8) is 0 Å². The summed E-state index contributed by atoms with van der Waals surface area (Å²) in [6.07, 6.45) is 2.13. The Labute approximate surface area is 104 Å². The maximum Gasteiger partial charge on any atom is 0.0859 e. The number of fused-ring (bicyclic) bond motifs is 1. The van der Waals surface area contributed by atoms with Crippen LogP contribution in [0.3, 0.4) is 0 Å². The highest BCUT2D eigenvalue weighted by atomic mass is 32.1. The van der Waals surface area contributed by atoms with Crippen molar-refractivity contribution in [3.8, 4) is 0 Å². The van der Waals surface area contributed by atoms with Crippen molar-refractivity contribution in [1.82, 2.24) is 4.98 Å². The van der Waals surface area contributed by atoms with Crippen LogP contribution in [0.4, 0.5) is 0 Å². The van der Waals surface area contributed by atoms with E-state index in [-0.39, 0.29) is 0 Å². The second-order valence-corrected chi connectivity index (χ2v) is 5.13. The lowest BCUT2D eigenvalue weighted by Crippen LogP contribution is -2.53. The first-order valence-corrected chi connectivity index (χ1v) is 6.67. The molecule has 4 N–H and O–H groups in total. The third-order valence-corrected chi connectivity index (χ3v) is 4.16. The van der Waals surface area contributed by atoms with Gasteiger partial charge in [0.15, 0.2) is 0 Å². The number of hydrogen-bond donors (Lipinski definition) is 2. The van der Waals surface area contributed by atoms with Crippen LogP contribution in [0.15, 0.2) is 48.0 Å². The Morgan fingerprint density at radius 3 is 2.82 bits per heavy atom. The summed E-state index contributed by atoms with van der Waals surface area (Å²) in [5.41, 5.74) is 6.66. The smallest absolute Gasteiger partial charge is 0.0859 e. The summed E-state index contributed by atoms with van der Waals surface area (Å²) >= 11 is 1.81. The lowest BCUT2D eigenvalue weighted by atomic mass is 9.97. The molecule has 2 nitrogen and oxygen atoms in total. The van der Waals surface area contributed by atoms with Crippen LogP contribution >= 0.6 is 11.3 Å². The number of hydrogen-bond acceptors (Lipinski definition) is 1. The molecule has 0 bridgehead atoms. The van der Waals surface area contributed by atoms with Gasteiger partial charge in [-0.05, 0) is 23.1 Å². The van der Waals surface area contributed by atoms with E-state index >= 15 is 0 Å². The summed E-state index contributed by atoms with van der Waals surface area (Å²) in [4.78, 5) is 4.74. The fourth-order valence-corrected chi connectivity index (χ4v) is 3.20. The van der Waals surface area contributed by atoms with E-state index < -0.39 is 0 Å². The second kappa shape index (κ2) is 4.35. The van der Waals surface area contributed by atoms with E-state index in [4.69, 9.17) is 0 Å². The molecule has 0 radical (unpaired) electrons. The quantitative estimate of drug-likeness (QED) is 0.710. The number of aromatic nitrogens is 1. The molecule has 0 fully saturated rings. The van der Waals surface area contributed by atoms with Gasteiger partial charge in [0, 0.05) is 22.0 Å². The number of nitrogens with one attached hydrogen (secondary N) is 1. The third kappa shape index (κ3) is 1.77. The van der Waals surface area contributed by atoms with Crippen LogP contribution in [0.5, 0.6) is 0 Å². The first kappa shape index (κ1) is 10.6. The predicted octanol–water partition coefficient (Wildman–Crippen LogP) is 2.60. The van der Waals surface area contributed by atoms with Gasteiger partial charge in [0.2, 0.25) is 0 Å². The number of aromatic amines is 1. The molecule has 0 unspecified atom stereocenters. The molecule has 0 saturated carbocycles. The minimum atomic E-state index is 0.408. The Morgan fingerprint density at radius 1 is 1.18 bits per heavy atom. The van der Waals surface area contributed by atoms with Crippen molar-refractivity contribution < 1.29 is 5.73 Å². The van der Waals surface area contributed by atoms with Crippen molar-refractivity contribution in [2.24, 2.45) is 0 Å². The molecule has 3 rings (SSSR count). The van der Waals surface area contributed by atoms with Crippen LogP contribution in [-0.4, -0.2) is 11.5 Å². The largest absolute Gasteiger partial charge is 0.361 e. The van der Waals surface area contributed by atoms with Gasteiger partial charge in [0.25, 0.3) is 0 Å². The molecule has 0 spiro atoms. The lowest BCUT2D eigenvalue weighted by Gasteiger charge is -2.09. The molecule has 86 valence electrons. The van der Waals surface area contributed by atoms with E-state index in [1.807, 2.05) is 11.3 Å². The van der Waals surface area contributed by atoms with Gasteiger partial charge < -0.3 is 10.7 Å². The Balaban J connectivity index is 2.13. The van der Waals surface area contributed by atoms with Gasteiger partial charge in [-0.25, -0.2) is 0 Å². The zero-order chi connectivity index (χ0) is 11.7. The minimum absolute atomic E-state index is 0.408. The first-order chi connectivity index (χ1) is 8.40. The Hall–Kier alpha value is -1.58. The molecule has 1 aromatic carbocycles. The van der Waals surface area contributed by atoms with E-state index in [1.54, 1.807) is 0 Å². The van der Waals surface area contributed by atoms with Crippen molar-refractivity contribution >= 4 is 22.2 Å². The van der Waals surface area contributed by atoms with Gasteiger partial charge >= 0.3 is 0 Å². The average Bonchev–Trinajstić information content (AvgIpc) is 3.01. The third-order valence-electron chi connectivity index (χ3n) is 3.17. The van der Waals surface area contributed by atoms with Gasteiger partial charge in [0.1, 0.15) is 0 Å². The Morgan fingerprint density at radius 2 is 2.06 bits per heavy atom. The summed E-state index contributed by atoms with van der Waals surface area (Å²) in [5, 5.41) is 3.45. The number of quaternary nitrogens is 1. The normalized spacial score (nSPS) is 13.0. The van der Waals surface area contributed by atoms with E-state index in [2.05, 4.69) is 58.7 Å². The maximum atomic E-state index is 4.10. The molecule has 3 heteroatoms. The molecule has 0 aliphatic rings. The molecular weight excluding hydrogens is 228 g/mol. The van der Waals surface area contributed by atoms with Gasteiger partial charge in [-0.1, -0.05) is 24.3 Å². The monoisotopic (exact) mass is 243 g/mol. The molecule has 1 atom stereocenters. The highest BCUT2D eigenvalue weighted by Gasteiger charge is 2.18. The number of rotatable bonds is 3. The molecule has 17 heavy (non-hydrogen) atoms. The number of H-pyrrole nitrogens is 1. The molecule has 0 saturated heterocycles. The van der Waals surface area contributed by atoms with Crippen molar-refractivity contribution in [1.29, 1.82) is 0 Å². The molecule has 0 amide bonds. The predicted molar refractivity (Wildman–Crippen MR) is 72.2 cm³/mol. The zero-order valence-corrected chi connectivity index (χ0v) is 10.3. The standard InChI is InChI=1S/C14H14N2S/c15-8-11(14-6-3-7-17-14)12-9-16-13-5-2-1-4-10(12)13/h1-7,9,11,16H,8,15H2/p+1/t11-/m1/s1. The van der Waals surface area contributed by atoms with E-state index in [0.717, 1.165) is 6.54 Å². The topological polar surface area (TPSA) is 43.4 Å². The summed E-state index contributed by atoms with van der Waals surface area (Å²) in [5.74, 6) is 0.408. The molecule has 2 aromatic heterocycles. The SMILES string of the molecule is [NH3+]C[C@@H](c1cccs1)c1c[nH]c2ccccc12. The zero-order valence-electron chi connectivity index (χ0n) is 9.52. The van der Waals surface area contributed by atoms with Crippen LogP contribution in [0.1, 0.15) is 16.4 Å². The van der Waals surface area contributed by atoms with Crippen LogP contribution in [0, 0.1) is 0 Å². The van der Waals surface area contributed by atoms with Crippen LogP contribution < -0.4 is 5.73 Å². The molecule has 3 aromatic rings. The fraction of sp³-hybridized carbons (Fsp3) is 0.143. The number of para-hydroxylation sites is 1. The second-order valence-electron chi connectivity index (χ2n) is 4.15. The maximum absolute atomic E-state index is 4.10.